The Hall–Kier alpha value is -2.74. The van der Waals surface area contributed by atoms with Crippen molar-refractivity contribution in [3.05, 3.63) is 47.8 Å². The molecule has 1 fully saturated rings. The van der Waals surface area contributed by atoms with Gasteiger partial charge >= 0.3 is 0 Å². The third-order valence-corrected chi connectivity index (χ3v) is 5.32. The summed E-state index contributed by atoms with van der Waals surface area (Å²) in [6.45, 7) is 3.41. The number of aryl methyl sites for hydroxylation is 1. The van der Waals surface area contributed by atoms with Crippen molar-refractivity contribution in [1.29, 1.82) is 0 Å². The number of nitrogens with one attached hydrogen (secondary N) is 1. The van der Waals surface area contributed by atoms with Crippen molar-refractivity contribution < 1.29 is 14.0 Å². The van der Waals surface area contributed by atoms with E-state index in [0.29, 0.717) is 24.3 Å². The first-order valence-corrected chi connectivity index (χ1v) is 9.08. The highest BCUT2D eigenvalue weighted by Crippen LogP contribution is 2.34. The molecular weight excluding hydrogens is 349 g/mol. The van der Waals surface area contributed by atoms with Gasteiger partial charge in [0, 0.05) is 57.7 Å². The molecule has 3 heterocycles. The zero-order valence-corrected chi connectivity index (χ0v) is 15.2. The predicted molar refractivity (Wildman–Crippen MR) is 97.5 cm³/mol. The van der Waals surface area contributed by atoms with Crippen molar-refractivity contribution in [3.63, 3.8) is 0 Å². The van der Waals surface area contributed by atoms with E-state index < -0.39 is 11.7 Å². The van der Waals surface area contributed by atoms with Crippen LogP contribution in [0.4, 0.5) is 10.1 Å². The summed E-state index contributed by atoms with van der Waals surface area (Å²) in [4.78, 5) is 33.4. The first-order valence-electron chi connectivity index (χ1n) is 9.08. The van der Waals surface area contributed by atoms with Crippen molar-refractivity contribution in [1.82, 2.24) is 19.4 Å². The molecule has 2 amide bonds. The molecule has 27 heavy (non-hydrogen) atoms. The number of carbonyl (C=O) groups is 2. The van der Waals surface area contributed by atoms with Crippen LogP contribution in [0.1, 0.15) is 23.7 Å². The lowest BCUT2D eigenvalue weighted by molar-refractivity contribution is -0.136. The van der Waals surface area contributed by atoms with Crippen LogP contribution in [-0.4, -0.2) is 57.3 Å². The molecule has 1 aromatic heterocycles. The van der Waals surface area contributed by atoms with E-state index in [9.17, 15) is 14.0 Å². The zero-order chi connectivity index (χ0) is 19.0. The van der Waals surface area contributed by atoms with E-state index in [1.54, 1.807) is 11.1 Å². The van der Waals surface area contributed by atoms with E-state index in [4.69, 9.17) is 0 Å². The van der Waals surface area contributed by atoms with E-state index in [-0.39, 0.29) is 18.2 Å². The first-order chi connectivity index (χ1) is 13.0. The lowest BCUT2D eigenvalue weighted by atomic mass is 9.89. The van der Waals surface area contributed by atoms with Crippen LogP contribution in [0.5, 0.6) is 0 Å². The minimum atomic E-state index is -0.620. The van der Waals surface area contributed by atoms with E-state index in [2.05, 4.69) is 15.2 Å². The number of piperazine rings is 1. The van der Waals surface area contributed by atoms with Crippen LogP contribution in [0.25, 0.3) is 0 Å². The average molecular weight is 371 g/mol. The molecule has 0 bridgehead atoms. The van der Waals surface area contributed by atoms with Gasteiger partial charge in [-0.1, -0.05) is 0 Å². The van der Waals surface area contributed by atoms with E-state index >= 15 is 0 Å². The number of halogens is 1. The minimum absolute atomic E-state index is 0.0583. The molecule has 2 aliphatic heterocycles. The largest absolute Gasteiger partial charge is 0.340 e. The highest BCUT2D eigenvalue weighted by Gasteiger charge is 2.35. The topological polar surface area (TPSA) is 70.5 Å². The summed E-state index contributed by atoms with van der Waals surface area (Å²) in [6, 6.07) is 4.17. The molecule has 1 aromatic carbocycles. The molecule has 1 atom stereocenters. The van der Waals surface area contributed by atoms with Crippen LogP contribution in [0.15, 0.2) is 30.6 Å². The number of rotatable bonds is 3. The van der Waals surface area contributed by atoms with Gasteiger partial charge in [-0.3, -0.25) is 14.5 Å². The number of aromatic nitrogens is 2. The summed E-state index contributed by atoms with van der Waals surface area (Å²) in [5.41, 5.74) is 1.09. The Balaban J connectivity index is 1.43. The van der Waals surface area contributed by atoms with Crippen molar-refractivity contribution in [2.75, 3.05) is 31.5 Å². The molecule has 1 N–H and O–H groups in total. The molecule has 0 spiro atoms. The quantitative estimate of drug-likeness (QED) is 0.884. The van der Waals surface area contributed by atoms with Crippen LogP contribution < -0.4 is 5.32 Å². The summed E-state index contributed by atoms with van der Waals surface area (Å²) >= 11 is 0. The lowest BCUT2D eigenvalue weighted by Crippen LogP contribution is -2.50. The second-order valence-corrected chi connectivity index (χ2v) is 7.09. The van der Waals surface area contributed by atoms with Crippen LogP contribution in [0.2, 0.25) is 0 Å². The average Bonchev–Trinajstić information content (AvgIpc) is 3.06. The second-order valence-electron chi connectivity index (χ2n) is 7.09. The lowest BCUT2D eigenvalue weighted by Gasteiger charge is -2.37. The van der Waals surface area contributed by atoms with Crippen molar-refractivity contribution >= 4 is 17.5 Å². The minimum Gasteiger partial charge on any atom is -0.340 e. The number of fused-ring (bicyclic) bond motifs is 1. The number of anilines is 1. The third kappa shape index (κ3) is 3.57. The standard InChI is InChI=1S/C19H22FN5O2/c1-23-5-4-21-17(23)12-24-6-8-25(9-7-24)19(27)15-11-18(26)22-16-3-2-13(20)10-14(15)16/h2-5,10,15H,6-9,11-12H2,1H3,(H,22,26). The van der Waals surface area contributed by atoms with E-state index in [1.807, 2.05) is 17.8 Å². The van der Waals surface area contributed by atoms with E-state index in [0.717, 1.165) is 25.5 Å². The molecule has 0 radical (unpaired) electrons. The second kappa shape index (κ2) is 7.11. The fourth-order valence-electron chi connectivity index (χ4n) is 3.75. The van der Waals surface area contributed by atoms with Gasteiger partial charge in [-0.05, 0) is 23.8 Å². The van der Waals surface area contributed by atoms with Crippen molar-refractivity contribution in [2.24, 2.45) is 7.05 Å². The molecule has 0 saturated carbocycles. The van der Waals surface area contributed by atoms with Gasteiger partial charge in [0.05, 0.1) is 12.5 Å². The monoisotopic (exact) mass is 371 g/mol. The highest BCUT2D eigenvalue weighted by molar-refractivity contribution is 6.01. The maximum Gasteiger partial charge on any atom is 0.230 e. The van der Waals surface area contributed by atoms with Crippen LogP contribution in [0, 0.1) is 5.82 Å². The number of benzene rings is 1. The normalized spacial score (nSPS) is 20.3. The number of carbonyl (C=O) groups excluding carboxylic acids is 2. The summed E-state index contributed by atoms with van der Waals surface area (Å²) in [5.74, 6) is -0.342. The number of imidazole rings is 1. The summed E-state index contributed by atoms with van der Waals surface area (Å²) in [6.07, 6.45) is 3.75. The van der Waals surface area contributed by atoms with Crippen LogP contribution >= 0.6 is 0 Å². The number of nitrogens with zero attached hydrogens (tertiary/aromatic N) is 4. The molecule has 1 saturated heterocycles. The van der Waals surface area contributed by atoms with Gasteiger partial charge in [-0.2, -0.15) is 0 Å². The summed E-state index contributed by atoms with van der Waals surface area (Å²) in [7, 11) is 1.97. The molecule has 7 nitrogen and oxygen atoms in total. The van der Waals surface area contributed by atoms with Gasteiger partial charge < -0.3 is 14.8 Å². The van der Waals surface area contributed by atoms with Crippen molar-refractivity contribution in [2.45, 2.75) is 18.9 Å². The maximum atomic E-state index is 13.7. The van der Waals surface area contributed by atoms with Gasteiger partial charge in [0.1, 0.15) is 11.6 Å². The van der Waals surface area contributed by atoms with Gasteiger partial charge in [0.2, 0.25) is 11.8 Å². The first kappa shape index (κ1) is 17.7. The predicted octanol–water partition coefficient (Wildman–Crippen LogP) is 1.33. The van der Waals surface area contributed by atoms with Gasteiger partial charge in [-0.25, -0.2) is 9.37 Å². The molecule has 0 aliphatic carbocycles. The Labute approximate surface area is 156 Å². The van der Waals surface area contributed by atoms with Crippen LogP contribution in [0.3, 0.4) is 0 Å². The SMILES string of the molecule is Cn1ccnc1CN1CCN(C(=O)C2CC(=O)Nc3ccc(F)cc32)CC1. The molecular formula is C19H22FN5O2. The molecule has 1 unspecified atom stereocenters. The fourth-order valence-corrected chi connectivity index (χ4v) is 3.75. The maximum absolute atomic E-state index is 13.7. The van der Waals surface area contributed by atoms with Crippen LogP contribution in [-0.2, 0) is 23.2 Å². The van der Waals surface area contributed by atoms with Gasteiger partial charge in [0.25, 0.3) is 0 Å². The Kier molecular flexibility index (Phi) is 4.65. The highest BCUT2D eigenvalue weighted by atomic mass is 19.1. The summed E-state index contributed by atoms with van der Waals surface area (Å²) < 4.78 is 15.7. The van der Waals surface area contributed by atoms with Gasteiger partial charge in [0.15, 0.2) is 0 Å². The molecule has 2 aliphatic rings. The molecule has 8 heteroatoms. The number of amides is 2. The summed E-state index contributed by atoms with van der Waals surface area (Å²) in [5, 5.41) is 2.72. The molecule has 2 aromatic rings. The Morgan fingerprint density at radius 1 is 1.30 bits per heavy atom. The number of hydrogen-bond donors (Lipinski definition) is 1. The Morgan fingerprint density at radius 2 is 2.07 bits per heavy atom. The zero-order valence-electron chi connectivity index (χ0n) is 15.2. The third-order valence-electron chi connectivity index (χ3n) is 5.32. The number of hydrogen-bond acceptors (Lipinski definition) is 4. The fraction of sp³-hybridized carbons (Fsp3) is 0.421. The molecule has 4 rings (SSSR count). The van der Waals surface area contributed by atoms with Crippen molar-refractivity contribution in [3.8, 4) is 0 Å². The Morgan fingerprint density at radius 3 is 2.78 bits per heavy atom. The molecule has 142 valence electrons. The smallest absolute Gasteiger partial charge is 0.230 e. The van der Waals surface area contributed by atoms with Gasteiger partial charge in [-0.15, -0.1) is 0 Å². The Bertz CT molecular complexity index is 873. The van der Waals surface area contributed by atoms with E-state index in [1.165, 1.54) is 18.2 Å².